The minimum absolute atomic E-state index is 0.0934. The highest BCUT2D eigenvalue weighted by Crippen LogP contribution is 2.64. The number of fused-ring (bicyclic) bond motifs is 5. The molecule has 5 aliphatic rings. The molecule has 5 heteroatoms. The molecule has 0 bridgehead atoms. The third-order valence-corrected chi connectivity index (χ3v) is 9.03. The number of carbonyl (C=O) groups is 1. The number of hydrogen-bond donors (Lipinski definition) is 2. The van der Waals surface area contributed by atoms with Crippen LogP contribution in [-0.4, -0.2) is 42.4 Å². The van der Waals surface area contributed by atoms with Gasteiger partial charge in [-0.05, 0) is 75.3 Å². The Morgan fingerprint density at radius 2 is 2.07 bits per heavy atom. The molecule has 2 N–H and O–H groups in total. The molecule has 0 radical (unpaired) electrons. The highest BCUT2D eigenvalue weighted by atomic mass is 16.6. The molecule has 5 rings (SSSR count). The first kappa shape index (κ1) is 18.8. The third kappa shape index (κ3) is 2.72. The number of nitrogens with one attached hydrogen (secondary N) is 1. The molecular formula is C23H34N2O3. The predicted octanol–water partition coefficient (Wildman–Crippen LogP) is 3.23. The van der Waals surface area contributed by atoms with Crippen molar-refractivity contribution in [2.24, 2.45) is 33.7 Å². The van der Waals surface area contributed by atoms with E-state index in [1.165, 1.54) is 5.57 Å². The van der Waals surface area contributed by atoms with E-state index in [4.69, 9.17) is 4.84 Å². The van der Waals surface area contributed by atoms with Crippen molar-refractivity contribution in [3.8, 4) is 0 Å². The Kier molecular flexibility index (Phi) is 4.66. The lowest BCUT2D eigenvalue weighted by atomic mass is 9.47. The molecule has 0 aromatic heterocycles. The topological polar surface area (TPSA) is 70.9 Å². The number of carbonyl (C=O) groups excluding carboxylic acids is 1. The third-order valence-electron chi connectivity index (χ3n) is 9.03. The normalized spacial score (nSPS) is 46.7. The largest absolute Gasteiger partial charge is 0.395 e. The number of ketones is 1. The molecule has 4 fully saturated rings. The van der Waals surface area contributed by atoms with E-state index in [1.54, 1.807) is 0 Å². The average Bonchev–Trinajstić information content (AvgIpc) is 3.34. The first-order valence-electron chi connectivity index (χ1n) is 11.4. The number of nitrogens with zero attached hydrogens (tertiary/aromatic N) is 1. The van der Waals surface area contributed by atoms with Gasteiger partial charge < -0.3 is 15.3 Å². The van der Waals surface area contributed by atoms with Crippen molar-refractivity contribution >= 4 is 11.5 Å². The monoisotopic (exact) mass is 386 g/mol. The van der Waals surface area contributed by atoms with Gasteiger partial charge in [0.05, 0.1) is 12.3 Å². The summed E-state index contributed by atoms with van der Waals surface area (Å²) in [5.74, 6) is 2.13. The Balaban J connectivity index is 1.39. The van der Waals surface area contributed by atoms with Gasteiger partial charge in [0, 0.05) is 30.2 Å². The van der Waals surface area contributed by atoms with E-state index in [9.17, 15) is 9.90 Å². The van der Waals surface area contributed by atoms with Gasteiger partial charge in [-0.2, -0.15) is 0 Å². The van der Waals surface area contributed by atoms with E-state index in [0.29, 0.717) is 23.5 Å². The van der Waals surface area contributed by atoms with Crippen LogP contribution in [-0.2, 0) is 9.63 Å². The van der Waals surface area contributed by atoms with Crippen molar-refractivity contribution < 1.29 is 14.7 Å². The average molecular weight is 387 g/mol. The maximum absolute atomic E-state index is 12.6. The molecule has 0 aromatic rings. The molecule has 3 saturated carbocycles. The van der Waals surface area contributed by atoms with Gasteiger partial charge in [-0.3, -0.25) is 4.79 Å². The SMILES string of the molecule is C[C@]12CCC3C(CCC4=C/C(=N/OC5CCNC5)CC[C@@]43CO)C1CCC2=O. The van der Waals surface area contributed by atoms with Gasteiger partial charge in [0.1, 0.15) is 11.9 Å². The molecule has 6 atom stereocenters. The van der Waals surface area contributed by atoms with Crippen LogP contribution in [0, 0.1) is 28.6 Å². The Labute approximate surface area is 168 Å². The lowest BCUT2D eigenvalue weighted by Crippen LogP contribution is -2.53. The zero-order chi connectivity index (χ0) is 19.4. The Morgan fingerprint density at radius 3 is 2.86 bits per heavy atom. The lowest BCUT2D eigenvalue weighted by Gasteiger charge is -2.57. The molecule has 1 saturated heterocycles. The fourth-order valence-electron chi connectivity index (χ4n) is 7.37. The van der Waals surface area contributed by atoms with Crippen LogP contribution in [0.1, 0.15) is 64.7 Å². The summed E-state index contributed by atoms with van der Waals surface area (Å²) < 4.78 is 0. The number of aliphatic hydroxyl groups is 1. The molecule has 0 spiro atoms. The molecule has 4 unspecified atom stereocenters. The van der Waals surface area contributed by atoms with Gasteiger partial charge in [0.25, 0.3) is 0 Å². The van der Waals surface area contributed by atoms with Crippen LogP contribution < -0.4 is 5.32 Å². The Bertz CT molecular complexity index is 711. The van der Waals surface area contributed by atoms with E-state index < -0.39 is 0 Å². The van der Waals surface area contributed by atoms with Gasteiger partial charge in [-0.15, -0.1) is 0 Å². The Hall–Kier alpha value is -1.20. The fraction of sp³-hybridized carbons (Fsp3) is 0.826. The van der Waals surface area contributed by atoms with Gasteiger partial charge >= 0.3 is 0 Å². The van der Waals surface area contributed by atoms with Gasteiger partial charge in [-0.25, -0.2) is 0 Å². The maximum atomic E-state index is 12.6. The van der Waals surface area contributed by atoms with Crippen molar-refractivity contribution in [3.63, 3.8) is 0 Å². The lowest BCUT2D eigenvalue weighted by molar-refractivity contribution is -0.133. The summed E-state index contributed by atoms with van der Waals surface area (Å²) in [5, 5.41) is 18.4. The summed E-state index contributed by atoms with van der Waals surface area (Å²) in [6.45, 7) is 4.35. The van der Waals surface area contributed by atoms with Crippen LogP contribution in [0.15, 0.2) is 16.8 Å². The number of hydrogen-bond acceptors (Lipinski definition) is 5. The first-order valence-corrected chi connectivity index (χ1v) is 11.4. The second kappa shape index (κ2) is 6.94. The molecule has 154 valence electrons. The molecular weight excluding hydrogens is 352 g/mol. The van der Waals surface area contributed by atoms with Gasteiger partial charge in [-0.1, -0.05) is 17.7 Å². The molecule has 0 aromatic carbocycles. The summed E-state index contributed by atoms with van der Waals surface area (Å²) in [6.07, 6.45) is 11.4. The van der Waals surface area contributed by atoms with Crippen LogP contribution in [0.4, 0.5) is 0 Å². The number of aliphatic hydroxyl groups excluding tert-OH is 1. The maximum Gasteiger partial charge on any atom is 0.141 e. The van der Waals surface area contributed by atoms with Crippen LogP contribution >= 0.6 is 0 Å². The number of allylic oxidation sites excluding steroid dienone is 1. The molecule has 1 aliphatic heterocycles. The van der Waals surface area contributed by atoms with E-state index in [2.05, 4.69) is 23.5 Å². The standard InChI is InChI=1S/C23H34N2O3/c1-22-9-7-20-18(19(22)4-5-21(22)27)3-2-15-12-16(6-10-23(15,20)14-26)25-28-17-8-11-24-13-17/h12,17-20,24,26H,2-11,13-14H2,1H3/b25-16+/t17?,18?,19?,20?,22-,23+/m0/s1. The minimum Gasteiger partial charge on any atom is -0.395 e. The van der Waals surface area contributed by atoms with Crippen LogP contribution in [0.5, 0.6) is 0 Å². The number of rotatable bonds is 3. The Morgan fingerprint density at radius 1 is 1.18 bits per heavy atom. The van der Waals surface area contributed by atoms with E-state index in [1.807, 2.05) is 0 Å². The van der Waals surface area contributed by atoms with Crippen molar-refractivity contribution in [2.45, 2.75) is 70.8 Å². The molecule has 0 amide bonds. The van der Waals surface area contributed by atoms with E-state index in [0.717, 1.165) is 76.6 Å². The second-order valence-corrected chi connectivity index (χ2v) is 10.1. The van der Waals surface area contributed by atoms with Crippen LogP contribution in [0.2, 0.25) is 0 Å². The highest BCUT2D eigenvalue weighted by Gasteiger charge is 2.59. The van der Waals surface area contributed by atoms with Crippen LogP contribution in [0.3, 0.4) is 0 Å². The quantitative estimate of drug-likeness (QED) is 0.731. The number of oxime groups is 1. The fourth-order valence-corrected chi connectivity index (χ4v) is 7.37. The van der Waals surface area contributed by atoms with Crippen molar-refractivity contribution in [2.75, 3.05) is 19.7 Å². The van der Waals surface area contributed by atoms with Crippen molar-refractivity contribution in [3.05, 3.63) is 11.6 Å². The number of Topliss-reactive ketones (excluding diaryl/α,β-unsaturated/α-hetero) is 1. The van der Waals surface area contributed by atoms with E-state index >= 15 is 0 Å². The summed E-state index contributed by atoms with van der Waals surface area (Å²) in [5.41, 5.74) is 2.25. The molecule has 5 nitrogen and oxygen atoms in total. The summed E-state index contributed by atoms with van der Waals surface area (Å²) in [4.78, 5) is 18.3. The van der Waals surface area contributed by atoms with Gasteiger partial charge in [0.15, 0.2) is 0 Å². The summed E-state index contributed by atoms with van der Waals surface area (Å²) >= 11 is 0. The van der Waals surface area contributed by atoms with Crippen LogP contribution in [0.25, 0.3) is 0 Å². The highest BCUT2D eigenvalue weighted by molar-refractivity contribution is 5.96. The molecule has 1 heterocycles. The van der Waals surface area contributed by atoms with Crippen molar-refractivity contribution in [1.82, 2.24) is 5.32 Å². The van der Waals surface area contributed by atoms with E-state index in [-0.39, 0.29) is 23.5 Å². The molecule has 28 heavy (non-hydrogen) atoms. The summed E-state index contributed by atoms with van der Waals surface area (Å²) in [6, 6.07) is 0. The zero-order valence-corrected chi connectivity index (χ0v) is 17.1. The molecule has 4 aliphatic carbocycles. The smallest absolute Gasteiger partial charge is 0.141 e. The van der Waals surface area contributed by atoms with Crippen molar-refractivity contribution in [1.29, 1.82) is 0 Å². The summed E-state index contributed by atoms with van der Waals surface area (Å²) in [7, 11) is 0. The first-order chi connectivity index (χ1) is 13.6. The minimum atomic E-state index is -0.0938. The zero-order valence-electron chi connectivity index (χ0n) is 17.1. The predicted molar refractivity (Wildman–Crippen MR) is 108 cm³/mol. The second-order valence-electron chi connectivity index (χ2n) is 10.1. The van der Waals surface area contributed by atoms with Gasteiger partial charge in [0.2, 0.25) is 0 Å².